The predicted octanol–water partition coefficient (Wildman–Crippen LogP) is 5.24. The number of nitrogens with two attached hydrogens (primary N) is 2. The van der Waals surface area contributed by atoms with Gasteiger partial charge in [0.15, 0.2) is 17.4 Å². The van der Waals surface area contributed by atoms with Crippen LogP contribution in [0.5, 0.6) is 23.0 Å². The normalized spacial score (nSPS) is 13.8. The number of hydrogen-bond acceptors (Lipinski definition) is 11. The van der Waals surface area contributed by atoms with Crippen LogP contribution in [0.4, 0.5) is 17.3 Å². The molecule has 1 unspecified atom stereocenters. The van der Waals surface area contributed by atoms with Gasteiger partial charge < -0.3 is 35.7 Å². The van der Waals surface area contributed by atoms with Crippen LogP contribution in [0.15, 0.2) is 84.9 Å². The monoisotopic (exact) mass is 577 g/mol. The Balaban J connectivity index is 1.18. The Morgan fingerprint density at radius 2 is 1.42 bits per heavy atom. The number of phenolic OH excluding ortho intramolecular Hbond substituents is 1. The summed E-state index contributed by atoms with van der Waals surface area (Å²) in [4.78, 5) is 2.16. The second-order valence-electron chi connectivity index (χ2n) is 10.0. The van der Waals surface area contributed by atoms with Crippen molar-refractivity contribution in [3.05, 3.63) is 90.5 Å². The van der Waals surface area contributed by atoms with Gasteiger partial charge in [-0.25, -0.2) is 0 Å². The third-order valence-electron chi connectivity index (χ3n) is 7.16. The van der Waals surface area contributed by atoms with Crippen LogP contribution in [0.3, 0.4) is 0 Å². The minimum atomic E-state index is -0.353. The Morgan fingerprint density at radius 3 is 2.16 bits per heavy atom. The van der Waals surface area contributed by atoms with Crippen molar-refractivity contribution < 1.29 is 19.3 Å². The summed E-state index contributed by atoms with van der Waals surface area (Å²) in [6.07, 6.45) is -0.353. The lowest BCUT2D eigenvalue weighted by Gasteiger charge is -2.29. The van der Waals surface area contributed by atoms with Gasteiger partial charge in [-0.3, -0.25) is 0 Å². The molecule has 3 heterocycles. The van der Waals surface area contributed by atoms with E-state index in [9.17, 15) is 5.11 Å². The first-order valence-electron chi connectivity index (χ1n) is 13.9. The number of aromatic hydroxyl groups is 1. The maximum absolute atomic E-state index is 10.2. The number of hydrogen-bond donors (Lipinski definition) is 3. The molecule has 5 N–H and O–H groups in total. The topological polar surface area (TPSA) is 155 Å². The summed E-state index contributed by atoms with van der Waals surface area (Å²) in [7, 11) is 0. The molecule has 5 aromatic rings. The number of phenols is 1. The van der Waals surface area contributed by atoms with Gasteiger partial charge in [-0.05, 0) is 55.0 Å². The van der Waals surface area contributed by atoms with Crippen LogP contribution in [0.2, 0.25) is 0 Å². The Labute approximate surface area is 248 Å². The van der Waals surface area contributed by atoms with E-state index in [1.165, 1.54) is 0 Å². The van der Waals surface area contributed by atoms with E-state index in [2.05, 4.69) is 25.3 Å². The molecule has 11 nitrogen and oxygen atoms in total. The zero-order valence-corrected chi connectivity index (χ0v) is 23.6. The van der Waals surface area contributed by atoms with Crippen molar-refractivity contribution in [2.75, 3.05) is 42.7 Å². The van der Waals surface area contributed by atoms with Gasteiger partial charge in [-0.15, -0.1) is 20.4 Å². The lowest BCUT2D eigenvalue weighted by atomic mass is 10.1. The number of benzene rings is 3. The maximum atomic E-state index is 10.2. The molecule has 6 rings (SSSR count). The van der Waals surface area contributed by atoms with Crippen molar-refractivity contribution in [2.45, 2.75) is 13.0 Å². The van der Waals surface area contributed by atoms with Gasteiger partial charge in [0, 0.05) is 30.3 Å². The smallest absolute Gasteiger partial charge is 0.188 e. The van der Waals surface area contributed by atoms with Crippen LogP contribution < -0.4 is 25.8 Å². The van der Waals surface area contributed by atoms with Crippen molar-refractivity contribution >= 4 is 17.3 Å². The molecule has 0 amide bonds. The van der Waals surface area contributed by atoms with Crippen LogP contribution in [-0.4, -0.2) is 51.8 Å². The number of rotatable bonds is 8. The third kappa shape index (κ3) is 6.11. The van der Waals surface area contributed by atoms with Gasteiger partial charge >= 0.3 is 0 Å². The molecule has 218 valence electrons. The Morgan fingerprint density at radius 1 is 0.767 bits per heavy atom. The Hall–Kier alpha value is -5.42. The largest absolute Gasteiger partial charge is 0.507 e. The third-order valence-corrected chi connectivity index (χ3v) is 7.16. The fraction of sp³-hybridized carbons (Fsp3) is 0.188. The van der Waals surface area contributed by atoms with E-state index in [4.69, 9.17) is 25.7 Å². The van der Waals surface area contributed by atoms with Crippen molar-refractivity contribution in [2.24, 2.45) is 0 Å². The second-order valence-corrected chi connectivity index (χ2v) is 10.0. The van der Waals surface area contributed by atoms with Crippen LogP contribution in [0.25, 0.3) is 22.5 Å². The Kier molecular flexibility index (Phi) is 7.88. The molecule has 1 saturated heterocycles. The number of morpholine rings is 1. The maximum Gasteiger partial charge on any atom is 0.188 e. The number of ether oxygens (including phenoxy) is 3. The molecule has 0 aliphatic carbocycles. The minimum absolute atomic E-state index is 0.0960. The zero-order chi connectivity index (χ0) is 29.8. The average Bonchev–Trinajstić information content (AvgIpc) is 3.04. The van der Waals surface area contributed by atoms with Crippen molar-refractivity contribution in [3.8, 4) is 45.5 Å². The highest BCUT2D eigenvalue weighted by molar-refractivity contribution is 5.74. The van der Waals surface area contributed by atoms with Crippen molar-refractivity contribution in [3.63, 3.8) is 0 Å². The molecule has 3 aromatic carbocycles. The first kappa shape index (κ1) is 27.7. The van der Waals surface area contributed by atoms with Gasteiger partial charge in [0.05, 0.1) is 24.6 Å². The van der Waals surface area contributed by atoms with E-state index in [1.807, 2.05) is 67.6 Å². The van der Waals surface area contributed by atoms with Crippen LogP contribution in [-0.2, 0) is 4.74 Å². The lowest BCUT2D eigenvalue weighted by Crippen LogP contribution is -2.36. The molecule has 1 aliphatic rings. The summed E-state index contributed by atoms with van der Waals surface area (Å²) in [6, 6.07) is 25.8. The molecular weight excluding hydrogens is 546 g/mol. The standard InChI is InChI=1S/C32H31N7O4/c1-20(42-30-19-26(36-38-32(30)34)23-6-2-4-8-28(23)40)21-10-12-22(13-11-21)43-29-9-5-3-7-24(29)25-18-27(31(33)37-35-25)39-14-16-41-17-15-39/h2-13,18-20,40H,14-17H2,1H3,(H2,33,37)(H2,34,38). The highest BCUT2D eigenvalue weighted by Gasteiger charge is 2.19. The summed E-state index contributed by atoms with van der Waals surface area (Å²) in [6.45, 7) is 4.68. The summed E-state index contributed by atoms with van der Waals surface area (Å²) < 4.78 is 17.9. The van der Waals surface area contributed by atoms with Crippen LogP contribution in [0, 0.1) is 0 Å². The molecule has 1 fully saturated rings. The highest BCUT2D eigenvalue weighted by atomic mass is 16.5. The molecule has 0 spiro atoms. The molecule has 43 heavy (non-hydrogen) atoms. The quantitative estimate of drug-likeness (QED) is 0.222. The highest BCUT2D eigenvalue weighted by Crippen LogP contribution is 2.36. The SMILES string of the molecule is CC(Oc1cc(-c2ccccc2O)nnc1N)c1ccc(Oc2ccccc2-c2cc(N3CCOCC3)c(N)nn2)cc1. The number of para-hydroxylation sites is 2. The van der Waals surface area contributed by atoms with E-state index in [0.29, 0.717) is 53.2 Å². The molecule has 11 heteroatoms. The van der Waals surface area contributed by atoms with Gasteiger partial charge in [-0.1, -0.05) is 36.4 Å². The molecular formula is C32H31N7O4. The number of aromatic nitrogens is 4. The fourth-order valence-corrected chi connectivity index (χ4v) is 4.84. The second kappa shape index (κ2) is 12.2. The molecule has 0 saturated carbocycles. The van der Waals surface area contributed by atoms with E-state index in [-0.39, 0.29) is 17.7 Å². The van der Waals surface area contributed by atoms with Crippen LogP contribution in [0.1, 0.15) is 18.6 Å². The lowest BCUT2D eigenvalue weighted by molar-refractivity contribution is 0.122. The first-order chi connectivity index (χ1) is 21.0. The number of anilines is 3. The summed E-state index contributed by atoms with van der Waals surface area (Å²) >= 11 is 0. The Bertz CT molecular complexity index is 1730. The van der Waals surface area contributed by atoms with E-state index >= 15 is 0 Å². The van der Waals surface area contributed by atoms with E-state index < -0.39 is 0 Å². The minimum Gasteiger partial charge on any atom is -0.507 e. The van der Waals surface area contributed by atoms with Crippen LogP contribution >= 0.6 is 0 Å². The summed E-state index contributed by atoms with van der Waals surface area (Å²) in [5.74, 6) is 2.29. The van der Waals surface area contributed by atoms with Crippen molar-refractivity contribution in [1.82, 2.24) is 20.4 Å². The fourth-order valence-electron chi connectivity index (χ4n) is 4.84. The summed E-state index contributed by atoms with van der Waals surface area (Å²) in [5.41, 5.74) is 16.4. The number of nitrogen functional groups attached to an aromatic ring is 2. The van der Waals surface area contributed by atoms with Gasteiger partial charge in [0.25, 0.3) is 0 Å². The van der Waals surface area contributed by atoms with Gasteiger partial charge in [0.2, 0.25) is 0 Å². The average molecular weight is 578 g/mol. The van der Waals surface area contributed by atoms with E-state index in [1.54, 1.807) is 24.3 Å². The molecule has 0 radical (unpaired) electrons. The summed E-state index contributed by atoms with van der Waals surface area (Å²) in [5, 5.41) is 26.9. The van der Waals surface area contributed by atoms with Gasteiger partial charge in [-0.2, -0.15) is 0 Å². The first-order valence-corrected chi connectivity index (χ1v) is 13.9. The number of nitrogens with zero attached hydrogens (tertiary/aromatic N) is 5. The van der Waals surface area contributed by atoms with E-state index in [0.717, 1.165) is 29.9 Å². The molecule has 0 bridgehead atoms. The molecule has 2 aromatic heterocycles. The predicted molar refractivity (Wildman–Crippen MR) is 164 cm³/mol. The van der Waals surface area contributed by atoms with Crippen molar-refractivity contribution in [1.29, 1.82) is 0 Å². The molecule has 1 atom stereocenters. The molecule has 1 aliphatic heterocycles. The zero-order valence-electron chi connectivity index (χ0n) is 23.6. The van der Waals surface area contributed by atoms with Gasteiger partial charge in [0.1, 0.15) is 29.0 Å².